The zero-order valence-corrected chi connectivity index (χ0v) is 24.9. The monoisotopic (exact) mass is 490 g/mol. The van der Waals surface area contributed by atoms with E-state index in [1.165, 1.54) is 7.11 Å². The zero-order chi connectivity index (χ0) is 25.5. The van der Waals surface area contributed by atoms with Gasteiger partial charge in [0.2, 0.25) is 0 Å². The van der Waals surface area contributed by atoms with Crippen LogP contribution in [0.1, 0.15) is 77.5 Å². The van der Waals surface area contributed by atoms with E-state index in [2.05, 4.69) is 97.8 Å². The fraction of sp³-hybridized carbons (Fsp3) is 0.667. The van der Waals surface area contributed by atoms with Crippen LogP contribution >= 0.6 is 0 Å². The number of ether oxygens (including phenoxy) is 1. The van der Waals surface area contributed by atoms with Crippen molar-refractivity contribution in [1.82, 2.24) is 0 Å². The average molecular weight is 491 g/mol. The van der Waals surface area contributed by atoms with Gasteiger partial charge in [-0.05, 0) is 65.9 Å². The van der Waals surface area contributed by atoms with Crippen LogP contribution in [0.4, 0.5) is 0 Å². The van der Waals surface area contributed by atoms with Crippen LogP contribution in [0.3, 0.4) is 0 Å². The maximum absolute atomic E-state index is 11.3. The molecule has 0 bridgehead atoms. The summed E-state index contributed by atoms with van der Waals surface area (Å²) in [6, 6.07) is 6.44. The Hall–Kier alpha value is -1.40. The summed E-state index contributed by atoms with van der Waals surface area (Å²) < 4.78 is 17.7. The topological polar surface area (TPSA) is 44.8 Å². The first kappa shape index (κ1) is 29.6. The number of esters is 1. The van der Waals surface area contributed by atoms with Gasteiger partial charge >= 0.3 is 5.97 Å². The van der Waals surface area contributed by atoms with Crippen LogP contribution in [0, 0.1) is 11.8 Å². The first-order valence-corrected chi connectivity index (χ1v) is 17.8. The lowest BCUT2D eigenvalue weighted by Gasteiger charge is -2.36. The lowest BCUT2D eigenvalue weighted by atomic mass is 10.1. The van der Waals surface area contributed by atoms with Gasteiger partial charge in [0, 0.05) is 18.4 Å². The van der Waals surface area contributed by atoms with Crippen LogP contribution in [0.25, 0.3) is 0 Å². The van der Waals surface area contributed by atoms with Crippen LogP contribution in [-0.4, -0.2) is 29.7 Å². The van der Waals surface area contributed by atoms with Crippen molar-refractivity contribution in [3.63, 3.8) is 0 Å². The Labute approximate surface area is 205 Å². The molecule has 0 aliphatic carbocycles. The van der Waals surface area contributed by atoms with Crippen LogP contribution in [0.5, 0.6) is 0 Å². The maximum Gasteiger partial charge on any atom is 0.305 e. The van der Waals surface area contributed by atoms with E-state index < -0.39 is 16.6 Å². The third kappa shape index (κ3) is 9.78. The Kier molecular flexibility index (Phi) is 10.6. The first-order valence-electron chi connectivity index (χ1n) is 11.9. The Bertz CT molecular complexity index is 801. The first-order chi connectivity index (χ1) is 15.0. The molecule has 33 heavy (non-hydrogen) atoms. The summed E-state index contributed by atoms with van der Waals surface area (Å²) in [6.45, 7) is 23.8. The van der Waals surface area contributed by atoms with E-state index in [9.17, 15) is 4.79 Å². The van der Waals surface area contributed by atoms with Gasteiger partial charge in [-0.25, -0.2) is 0 Å². The van der Waals surface area contributed by atoms with E-state index in [4.69, 9.17) is 13.6 Å². The summed E-state index contributed by atoms with van der Waals surface area (Å²) in [5.41, 5.74) is 3.24. The SMILES string of the molecule is COC(=O)CCCC#Cc1cc(CO[Si](C)(C)C(C)(C)C)cc(CO[Si](C)(C)C(C)(C)C)c1. The van der Waals surface area contributed by atoms with Gasteiger partial charge in [0.1, 0.15) is 0 Å². The van der Waals surface area contributed by atoms with Gasteiger partial charge in [0.15, 0.2) is 16.6 Å². The normalized spacial score (nSPS) is 12.8. The van der Waals surface area contributed by atoms with E-state index in [-0.39, 0.29) is 16.0 Å². The number of hydrogen-bond acceptors (Lipinski definition) is 4. The molecule has 0 spiro atoms. The smallest absolute Gasteiger partial charge is 0.305 e. The van der Waals surface area contributed by atoms with E-state index in [1.54, 1.807) is 0 Å². The second-order valence-electron chi connectivity index (χ2n) is 11.9. The van der Waals surface area contributed by atoms with Crippen LogP contribution < -0.4 is 0 Å². The lowest BCUT2D eigenvalue weighted by Crippen LogP contribution is -2.40. The van der Waals surface area contributed by atoms with E-state index in [0.717, 1.165) is 16.7 Å². The molecule has 0 fully saturated rings. The van der Waals surface area contributed by atoms with Gasteiger partial charge < -0.3 is 13.6 Å². The van der Waals surface area contributed by atoms with E-state index in [0.29, 0.717) is 32.5 Å². The molecule has 0 unspecified atom stereocenters. The Morgan fingerprint density at radius 3 is 1.70 bits per heavy atom. The number of methoxy groups -OCH3 is 1. The quantitative estimate of drug-likeness (QED) is 0.156. The third-order valence-electron chi connectivity index (χ3n) is 7.01. The summed E-state index contributed by atoms with van der Waals surface area (Å²) in [4.78, 5) is 11.3. The number of rotatable bonds is 9. The molecule has 0 saturated carbocycles. The van der Waals surface area contributed by atoms with Crippen molar-refractivity contribution >= 4 is 22.6 Å². The van der Waals surface area contributed by atoms with Crippen LogP contribution in [-0.2, 0) is 31.6 Å². The second-order valence-corrected chi connectivity index (χ2v) is 21.5. The molecule has 1 rings (SSSR count). The van der Waals surface area contributed by atoms with Crippen molar-refractivity contribution in [1.29, 1.82) is 0 Å². The van der Waals surface area contributed by atoms with Crippen molar-refractivity contribution in [3.05, 3.63) is 34.9 Å². The molecule has 0 heterocycles. The summed E-state index contributed by atoms with van der Waals surface area (Å²) in [5.74, 6) is 6.30. The standard InChI is InChI=1S/C27H46O4Si2/c1-26(2,3)32(8,9)30-20-23-17-22(15-13-12-14-16-25(28)29-7)18-24(19-23)21-31-33(10,11)27(4,5)6/h17-19H,12,14,16,20-21H2,1-11H3. The fourth-order valence-corrected chi connectivity index (χ4v) is 4.47. The average Bonchev–Trinajstić information content (AvgIpc) is 2.68. The highest BCUT2D eigenvalue weighted by molar-refractivity contribution is 6.74. The van der Waals surface area contributed by atoms with Gasteiger partial charge in [0.05, 0.1) is 20.3 Å². The summed E-state index contributed by atoms with van der Waals surface area (Å²) in [6.07, 6.45) is 1.77. The Morgan fingerprint density at radius 2 is 1.30 bits per heavy atom. The molecule has 0 saturated heterocycles. The molecule has 0 radical (unpaired) electrons. The van der Waals surface area contributed by atoms with Crippen molar-refractivity contribution in [2.45, 2.75) is 110 Å². The minimum atomic E-state index is -1.85. The van der Waals surface area contributed by atoms with Gasteiger partial charge in [-0.3, -0.25) is 4.79 Å². The molecule has 0 aliphatic heterocycles. The molecule has 0 atom stereocenters. The summed E-state index contributed by atoms with van der Waals surface area (Å²) >= 11 is 0. The van der Waals surface area contributed by atoms with Crippen molar-refractivity contribution in [2.24, 2.45) is 0 Å². The minimum Gasteiger partial charge on any atom is -0.469 e. The predicted molar refractivity (Wildman–Crippen MR) is 143 cm³/mol. The van der Waals surface area contributed by atoms with Gasteiger partial charge in [0.25, 0.3) is 0 Å². The molecule has 1 aromatic carbocycles. The number of carbonyl (C=O) groups is 1. The predicted octanol–water partition coefficient (Wildman–Crippen LogP) is 7.43. The van der Waals surface area contributed by atoms with Crippen molar-refractivity contribution in [2.75, 3.05) is 7.11 Å². The fourth-order valence-electron chi connectivity index (χ4n) is 2.55. The largest absolute Gasteiger partial charge is 0.469 e. The van der Waals surface area contributed by atoms with Crippen molar-refractivity contribution in [3.8, 4) is 11.8 Å². The summed E-state index contributed by atoms with van der Waals surface area (Å²) in [5, 5.41) is 0.330. The van der Waals surface area contributed by atoms with E-state index in [1.807, 2.05) is 0 Å². The minimum absolute atomic E-state index is 0.165. The Balaban J connectivity index is 3.06. The van der Waals surface area contributed by atoms with Gasteiger partial charge in [-0.1, -0.05) is 59.4 Å². The summed E-state index contributed by atoms with van der Waals surface area (Å²) in [7, 11) is -2.29. The van der Waals surface area contributed by atoms with Gasteiger partial charge in [-0.2, -0.15) is 0 Å². The molecule has 6 heteroatoms. The Morgan fingerprint density at radius 1 is 0.848 bits per heavy atom. The number of unbranched alkanes of at least 4 members (excludes halogenated alkanes) is 1. The highest BCUT2D eigenvalue weighted by Gasteiger charge is 2.38. The third-order valence-corrected chi connectivity index (χ3v) is 16.0. The number of carbonyl (C=O) groups excluding carboxylic acids is 1. The van der Waals surface area contributed by atoms with Crippen LogP contribution in [0.15, 0.2) is 18.2 Å². The lowest BCUT2D eigenvalue weighted by molar-refractivity contribution is -0.140. The highest BCUT2D eigenvalue weighted by atomic mass is 28.4. The molecule has 0 aromatic heterocycles. The molecule has 186 valence electrons. The van der Waals surface area contributed by atoms with Gasteiger partial charge in [-0.15, -0.1) is 0 Å². The molecule has 1 aromatic rings. The molecular formula is C27H46O4Si2. The van der Waals surface area contributed by atoms with Crippen molar-refractivity contribution < 1.29 is 18.4 Å². The second kappa shape index (κ2) is 11.8. The number of hydrogen-bond donors (Lipinski definition) is 0. The molecule has 4 nitrogen and oxygen atoms in total. The highest BCUT2D eigenvalue weighted by Crippen LogP contribution is 2.38. The molecule has 0 N–H and O–H groups in total. The van der Waals surface area contributed by atoms with Crippen LogP contribution in [0.2, 0.25) is 36.3 Å². The molecular weight excluding hydrogens is 444 g/mol. The molecule has 0 amide bonds. The number of benzene rings is 1. The van der Waals surface area contributed by atoms with E-state index >= 15 is 0 Å². The molecule has 0 aliphatic rings. The zero-order valence-electron chi connectivity index (χ0n) is 22.9. The maximum atomic E-state index is 11.3.